The minimum atomic E-state index is -0.714. The third-order valence-corrected chi connectivity index (χ3v) is 4.83. The predicted molar refractivity (Wildman–Crippen MR) is 117 cm³/mol. The number of pyridine rings is 1. The molecule has 31 heavy (non-hydrogen) atoms. The molecule has 1 aromatic carbocycles. The molecular weight excluding hydrogens is 398 g/mol. The van der Waals surface area contributed by atoms with E-state index in [0.29, 0.717) is 18.7 Å². The summed E-state index contributed by atoms with van der Waals surface area (Å²) >= 11 is 0. The molecule has 2 heterocycles. The van der Waals surface area contributed by atoms with Gasteiger partial charge in [-0.3, -0.25) is 9.59 Å². The van der Waals surface area contributed by atoms with Crippen LogP contribution in [0, 0.1) is 0 Å². The van der Waals surface area contributed by atoms with Crippen molar-refractivity contribution in [3.63, 3.8) is 0 Å². The molecule has 1 aromatic heterocycles. The van der Waals surface area contributed by atoms with Gasteiger partial charge in [-0.1, -0.05) is 37.3 Å². The fourth-order valence-corrected chi connectivity index (χ4v) is 3.36. The van der Waals surface area contributed by atoms with E-state index in [1.165, 1.54) is 20.7 Å². The molecule has 1 aliphatic rings. The lowest BCUT2D eigenvalue weighted by Crippen LogP contribution is -2.58. The van der Waals surface area contributed by atoms with Crippen LogP contribution in [0.3, 0.4) is 0 Å². The van der Waals surface area contributed by atoms with Crippen LogP contribution in [0.15, 0.2) is 41.2 Å². The monoisotopic (exact) mass is 427 g/mol. The summed E-state index contributed by atoms with van der Waals surface area (Å²) in [4.78, 5) is 40.6. The van der Waals surface area contributed by atoms with Gasteiger partial charge in [0, 0.05) is 18.3 Å². The van der Waals surface area contributed by atoms with Crippen LogP contribution in [0.5, 0.6) is 5.75 Å². The van der Waals surface area contributed by atoms with Gasteiger partial charge >= 0.3 is 6.09 Å². The van der Waals surface area contributed by atoms with Crippen LogP contribution in [0.2, 0.25) is 0 Å². The van der Waals surface area contributed by atoms with Crippen molar-refractivity contribution in [1.82, 2.24) is 9.58 Å². The number of nitrogens with zero attached hydrogens (tertiary/aromatic N) is 3. The van der Waals surface area contributed by atoms with Gasteiger partial charge in [0.25, 0.3) is 5.91 Å². The Bertz CT molecular complexity index is 1020. The van der Waals surface area contributed by atoms with Gasteiger partial charge in [0.1, 0.15) is 18.9 Å². The number of carbonyl (C=O) groups excluding carboxylic acids is 2. The second-order valence-electron chi connectivity index (χ2n) is 8.30. The summed E-state index contributed by atoms with van der Waals surface area (Å²) in [5.74, 6) is -0.435. The van der Waals surface area contributed by atoms with E-state index in [1.807, 2.05) is 44.2 Å². The summed E-state index contributed by atoms with van der Waals surface area (Å²) in [6, 6.07) is 10.8. The van der Waals surface area contributed by atoms with E-state index >= 15 is 0 Å². The van der Waals surface area contributed by atoms with Crippen molar-refractivity contribution in [2.75, 3.05) is 18.2 Å². The minimum absolute atomic E-state index is 0.0191. The molecule has 0 atom stereocenters. The second-order valence-corrected chi connectivity index (χ2v) is 8.30. The van der Waals surface area contributed by atoms with Gasteiger partial charge < -0.3 is 14.4 Å². The van der Waals surface area contributed by atoms with Gasteiger partial charge in [-0.05, 0) is 39.7 Å². The highest BCUT2D eigenvalue weighted by atomic mass is 16.6. The molecule has 0 saturated heterocycles. The number of fused-ring (bicyclic) bond motifs is 1. The molecule has 0 aliphatic carbocycles. The third kappa shape index (κ3) is 4.73. The van der Waals surface area contributed by atoms with Crippen molar-refractivity contribution >= 4 is 12.0 Å². The van der Waals surface area contributed by atoms with Gasteiger partial charge in [0.05, 0.1) is 0 Å². The predicted octanol–water partition coefficient (Wildman–Crippen LogP) is 3.30. The Morgan fingerprint density at radius 3 is 2.35 bits per heavy atom. The highest BCUT2D eigenvalue weighted by Gasteiger charge is 2.38. The summed E-state index contributed by atoms with van der Waals surface area (Å²) < 4.78 is 12.9. The van der Waals surface area contributed by atoms with E-state index in [1.54, 1.807) is 20.8 Å². The number of aromatic nitrogens is 1. The number of carbonyl (C=O) groups is 2. The van der Waals surface area contributed by atoms with Crippen molar-refractivity contribution in [1.29, 1.82) is 0 Å². The smallest absolute Gasteiger partial charge is 0.431 e. The second kappa shape index (κ2) is 8.83. The Morgan fingerprint density at radius 2 is 1.77 bits per heavy atom. The fourth-order valence-electron chi connectivity index (χ4n) is 3.36. The molecule has 2 amide bonds. The first-order chi connectivity index (χ1) is 14.7. The highest BCUT2D eigenvalue weighted by Crippen LogP contribution is 2.25. The molecule has 0 spiro atoms. The van der Waals surface area contributed by atoms with E-state index in [4.69, 9.17) is 9.47 Å². The Balaban J connectivity index is 2.13. The van der Waals surface area contributed by atoms with Crippen molar-refractivity contribution in [3.8, 4) is 5.75 Å². The molecule has 166 valence electrons. The number of hydrogen-bond acceptors (Lipinski definition) is 5. The van der Waals surface area contributed by atoms with E-state index in [-0.39, 0.29) is 30.6 Å². The minimum Gasteiger partial charge on any atom is -0.482 e. The SMILES string of the molecule is CCc1cc(=O)c(OCc2ccccc2)c2n1N(C(=O)OC(C)(C)C)CN(CC)C2=O. The first-order valence-electron chi connectivity index (χ1n) is 10.4. The molecule has 0 unspecified atom stereocenters. The average Bonchev–Trinajstić information content (AvgIpc) is 2.72. The number of rotatable bonds is 5. The lowest BCUT2D eigenvalue weighted by molar-refractivity contribution is 0.0452. The summed E-state index contributed by atoms with van der Waals surface area (Å²) in [5.41, 5.74) is 0.323. The van der Waals surface area contributed by atoms with E-state index in [9.17, 15) is 14.4 Å². The molecular formula is C23H29N3O5. The molecule has 0 saturated carbocycles. The first kappa shape index (κ1) is 22.4. The maximum Gasteiger partial charge on any atom is 0.431 e. The number of aryl methyl sites for hydroxylation is 1. The van der Waals surface area contributed by atoms with E-state index in [0.717, 1.165) is 5.56 Å². The van der Waals surface area contributed by atoms with Crippen LogP contribution < -0.4 is 15.2 Å². The number of hydrogen-bond donors (Lipinski definition) is 0. The number of amides is 2. The fraction of sp³-hybridized carbons (Fsp3) is 0.435. The normalized spacial score (nSPS) is 13.8. The maximum atomic E-state index is 13.3. The Hall–Kier alpha value is -3.29. The average molecular weight is 428 g/mol. The molecule has 0 fully saturated rings. The number of ether oxygens (including phenoxy) is 2. The largest absolute Gasteiger partial charge is 0.482 e. The molecule has 8 heteroatoms. The quantitative estimate of drug-likeness (QED) is 0.731. The van der Waals surface area contributed by atoms with E-state index < -0.39 is 17.1 Å². The van der Waals surface area contributed by atoms with Crippen molar-refractivity contribution in [3.05, 3.63) is 63.6 Å². The summed E-state index contributed by atoms with van der Waals surface area (Å²) in [7, 11) is 0. The molecule has 2 aromatic rings. The lowest BCUT2D eigenvalue weighted by Gasteiger charge is -2.39. The van der Waals surface area contributed by atoms with Crippen molar-refractivity contribution in [2.45, 2.75) is 53.2 Å². The number of benzene rings is 1. The molecule has 8 nitrogen and oxygen atoms in total. The van der Waals surface area contributed by atoms with Gasteiger partial charge in [0.2, 0.25) is 5.43 Å². The van der Waals surface area contributed by atoms with Gasteiger partial charge in [-0.2, -0.15) is 5.01 Å². The van der Waals surface area contributed by atoms with E-state index in [2.05, 4.69) is 0 Å². The zero-order chi connectivity index (χ0) is 22.8. The molecule has 0 N–H and O–H groups in total. The zero-order valence-electron chi connectivity index (χ0n) is 18.7. The van der Waals surface area contributed by atoms with Crippen LogP contribution in [-0.2, 0) is 17.8 Å². The lowest BCUT2D eigenvalue weighted by atomic mass is 10.2. The summed E-state index contributed by atoms with van der Waals surface area (Å²) in [6.45, 7) is 9.51. The molecule has 0 bridgehead atoms. The van der Waals surface area contributed by atoms with Crippen LogP contribution in [0.4, 0.5) is 4.79 Å². The van der Waals surface area contributed by atoms with Gasteiger partial charge in [0.15, 0.2) is 11.4 Å². The topological polar surface area (TPSA) is 81.1 Å². The Morgan fingerprint density at radius 1 is 1.10 bits per heavy atom. The van der Waals surface area contributed by atoms with Crippen molar-refractivity contribution in [2.24, 2.45) is 0 Å². The Labute approximate surface area is 181 Å². The summed E-state index contributed by atoms with van der Waals surface area (Å²) in [6.07, 6.45) is -0.160. The molecule has 3 rings (SSSR count). The van der Waals surface area contributed by atoms with Crippen LogP contribution in [0.1, 0.15) is 56.4 Å². The summed E-state index contributed by atoms with van der Waals surface area (Å²) in [5, 5.41) is 1.35. The maximum absolute atomic E-state index is 13.3. The third-order valence-electron chi connectivity index (χ3n) is 4.83. The van der Waals surface area contributed by atoms with Gasteiger partial charge in [-0.25, -0.2) is 9.47 Å². The standard InChI is InChI=1S/C23H29N3O5/c1-6-17-13-18(27)20(30-14-16-11-9-8-10-12-16)19-21(28)24(7-2)15-25(26(17)19)22(29)31-23(3,4)5/h8-13H,6-7,14-15H2,1-5H3. The zero-order valence-corrected chi connectivity index (χ0v) is 18.7. The molecule has 1 aliphatic heterocycles. The van der Waals surface area contributed by atoms with Crippen molar-refractivity contribution < 1.29 is 19.1 Å². The van der Waals surface area contributed by atoms with Crippen LogP contribution in [-0.4, -0.2) is 40.4 Å². The van der Waals surface area contributed by atoms with Gasteiger partial charge in [-0.15, -0.1) is 0 Å². The van der Waals surface area contributed by atoms with Crippen LogP contribution in [0.25, 0.3) is 0 Å². The Kier molecular flexibility index (Phi) is 6.38. The molecule has 0 radical (unpaired) electrons. The highest BCUT2D eigenvalue weighted by molar-refractivity contribution is 5.98. The van der Waals surface area contributed by atoms with Crippen LogP contribution >= 0.6 is 0 Å². The first-order valence-corrected chi connectivity index (χ1v) is 10.4.